The molecule has 0 spiro atoms. The van der Waals surface area contributed by atoms with E-state index in [0.717, 1.165) is 17.6 Å². The van der Waals surface area contributed by atoms with Gasteiger partial charge in [0, 0.05) is 0 Å². The van der Waals surface area contributed by atoms with Crippen molar-refractivity contribution in [1.29, 1.82) is 0 Å². The minimum atomic E-state index is 0.919. The van der Waals surface area contributed by atoms with E-state index in [1.165, 1.54) is 19.3 Å². The van der Waals surface area contributed by atoms with Crippen LogP contribution in [-0.4, -0.2) is 26.8 Å². The van der Waals surface area contributed by atoms with Gasteiger partial charge in [-0.2, -0.15) is 0 Å². The molecule has 8 heavy (non-hydrogen) atoms. The van der Waals surface area contributed by atoms with E-state index in [1.807, 2.05) is 0 Å². The molecule has 1 heterocycles. The molecule has 1 aliphatic heterocycles. The third kappa shape index (κ3) is 1.97. The summed E-state index contributed by atoms with van der Waals surface area (Å²) in [5.74, 6) is 0. The molecule has 0 saturated carbocycles. The maximum absolute atomic E-state index is 5.26. The number of rotatable bonds is 0. The van der Waals surface area contributed by atoms with Crippen LogP contribution in [0.4, 0.5) is 0 Å². The number of ether oxygens (including phenoxy) is 1. The molecule has 0 atom stereocenters. The predicted octanol–water partition coefficient (Wildman–Crippen LogP) is 0.875. The molecule has 0 bridgehead atoms. The molecule has 0 radical (unpaired) electrons. The molecule has 1 aliphatic rings. The van der Waals surface area contributed by atoms with Gasteiger partial charge in [-0.1, -0.05) is 0 Å². The summed E-state index contributed by atoms with van der Waals surface area (Å²) in [6.45, 7) is 0.919. The van der Waals surface area contributed by atoms with Crippen LogP contribution in [0.3, 0.4) is 0 Å². The van der Waals surface area contributed by atoms with Crippen molar-refractivity contribution in [1.82, 2.24) is 0 Å². The Bertz CT molecular complexity index is 80.5. The van der Waals surface area contributed by atoms with Gasteiger partial charge in [0.2, 0.25) is 0 Å². The molecule has 1 rings (SSSR count). The van der Waals surface area contributed by atoms with Gasteiger partial charge in [-0.05, 0) is 0 Å². The van der Waals surface area contributed by atoms with Crippen molar-refractivity contribution in [2.45, 2.75) is 25.7 Å². The van der Waals surface area contributed by atoms with Gasteiger partial charge in [0.15, 0.2) is 0 Å². The fourth-order valence-electron chi connectivity index (χ4n) is 0.806. The molecule has 1 saturated heterocycles. The molecule has 46 valence electrons. The average Bonchev–Trinajstić information content (AvgIpc) is 1.94. The Morgan fingerprint density at radius 2 is 2.12 bits per heavy atom. The molecule has 1 fully saturated rings. The fraction of sp³-hybridized carbons (Fsp3) is 0.833. The van der Waals surface area contributed by atoms with E-state index in [9.17, 15) is 0 Å². The van der Waals surface area contributed by atoms with E-state index in [1.54, 1.807) is 0 Å². The Labute approximate surface area is 57.8 Å². The van der Waals surface area contributed by atoms with E-state index >= 15 is 0 Å². The monoisotopic (exact) mass is 178 g/mol. The molecule has 0 aliphatic carbocycles. The van der Waals surface area contributed by atoms with E-state index in [4.69, 9.17) is 4.74 Å². The molecular weight excluding hydrogens is 167 g/mol. The molecule has 0 unspecified atom stereocenters. The van der Waals surface area contributed by atoms with Gasteiger partial charge in [-0.25, -0.2) is 0 Å². The Morgan fingerprint density at radius 3 is 3.00 bits per heavy atom. The summed E-state index contributed by atoms with van der Waals surface area (Å²) in [6, 6.07) is 0. The minimum absolute atomic E-state index is 0.919. The molecule has 0 amide bonds. The van der Waals surface area contributed by atoms with Crippen molar-refractivity contribution in [2.24, 2.45) is 0 Å². The first-order valence-corrected chi connectivity index (χ1v) is 3.91. The van der Waals surface area contributed by atoms with Gasteiger partial charge in [0.1, 0.15) is 0 Å². The van der Waals surface area contributed by atoms with Crippen molar-refractivity contribution < 1.29 is 4.74 Å². The average molecular weight is 177 g/mol. The quantitative estimate of drug-likeness (QED) is 0.499. The molecule has 1 nitrogen and oxygen atoms in total. The van der Waals surface area contributed by atoms with E-state index < -0.39 is 0 Å². The van der Waals surface area contributed by atoms with E-state index in [2.05, 4.69) is 15.6 Å². The summed E-state index contributed by atoms with van der Waals surface area (Å²) in [5, 5.41) is 0. The van der Waals surface area contributed by atoms with Gasteiger partial charge < -0.3 is 0 Å². The van der Waals surface area contributed by atoms with Crippen molar-refractivity contribution in [3.63, 3.8) is 0 Å². The summed E-state index contributed by atoms with van der Waals surface area (Å²) >= 11 is 2.91. The number of hydrogen-bond donors (Lipinski definition) is 0. The van der Waals surface area contributed by atoms with Gasteiger partial charge in [-0.3, -0.25) is 0 Å². The normalized spacial score (nSPS) is 21.8. The molecule has 2 heteroatoms. The molecule has 0 aromatic carbocycles. The van der Waals surface area contributed by atoms with Crippen LogP contribution in [-0.2, 0) is 4.74 Å². The van der Waals surface area contributed by atoms with Gasteiger partial charge in [0.25, 0.3) is 0 Å². The first-order valence-electron chi connectivity index (χ1n) is 3.05. The second-order valence-electron chi connectivity index (χ2n) is 2.03. The van der Waals surface area contributed by atoms with Crippen LogP contribution in [0.5, 0.6) is 0 Å². The van der Waals surface area contributed by atoms with Gasteiger partial charge in [-0.15, -0.1) is 0 Å². The number of hydrogen-bond acceptors (Lipinski definition) is 1. The third-order valence-corrected chi connectivity index (χ3v) is 1.96. The van der Waals surface area contributed by atoms with Crippen LogP contribution in [0.25, 0.3) is 0 Å². The van der Waals surface area contributed by atoms with Gasteiger partial charge >= 0.3 is 57.2 Å². The van der Waals surface area contributed by atoms with Crippen LogP contribution in [0.1, 0.15) is 25.7 Å². The zero-order valence-electron chi connectivity index (χ0n) is 4.85. The van der Waals surface area contributed by atoms with Crippen molar-refractivity contribution in [3.05, 3.63) is 0 Å². The summed E-state index contributed by atoms with van der Waals surface area (Å²) in [5.41, 5.74) is 0. The maximum atomic E-state index is 5.26. The second kappa shape index (κ2) is 3.26. The van der Waals surface area contributed by atoms with Crippen LogP contribution in [0.2, 0.25) is 0 Å². The predicted molar refractivity (Wildman–Crippen MR) is 35.2 cm³/mol. The zero-order chi connectivity index (χ0) is 5.82. The van der Waals surface area contributed by atoms with E-state index in [-0.39, 0.29) is 0 Å². The van der Waals surface area contributed by atoms with Crippen LogP contribution >= 0.6 is 0 Å². The Balaban J connectivity index is 2.27. The first-order chi connectivity index (χ1) is 3.89. The molecular formula is C6H10OSe. The van der Waals surface area contributed by atoms with E-state index in [0.29, 0.717) is 0 Å². The molecule has 0 aromatic rings. The van der Waals surface area contributed by atoms with Crippen LogP contribution < -0.4 is 0 Å². The second-order valence-corrected chi connectivity index (χ2v) is 2.99. The van der Waals surface area contributed by atoms with Crippen molar-refractivity contribution >= 4 is 20.2 Å². The van der Waals surface area contributed by atoms with Crippen LogP contribution in [0.15, 0.2) is 0 Å². The Morgan fingerprint density at radius 1 is 1.25 bits per heavy atom. The SMILES string of the molecule is [Se]=C1CCCCCO1. The summed E-state index contributed by atoms with van der Waals surface area (Å²) < 4.78 is 6.36. The van der Waals surface area contributed by atoms with Gasteiger partial charge in [0.05, 0.1) is 0 Å². The zero-order valence-corrected chi connectivity index (χ0v) is 6.57. The standard InChI is InChI=1S/C6H10OSe/c8-6-4-2-1-3-5-7-6/h1-5H2. The fourth-order valence-corrected chi connectivity index (χ4v) is 1.28. The summed E-state index contributed by atoms with van der Waals surface area (Å²) in [4.78, 5) is 0. The molecule has 0 aromatic heterocycles. The molecule has 0 N–H and O–H groups in total. The Hall–Kier alpha value is 0.189. The summed E-state index contributed by atoms with van der Waals surface area (Å²) in [6.07, 6.45) is 4.97. The first kappa shape index (κ1) is 6.31. The Kier molecular flexibility index (Phi) is 2.57. The summed E-state index contributed by atoms with van der Waals surface area (Å²) in [7, 11) is 0. The third-order valence-electron chi connectivity index (χ3n) is 1.29. The van der Waals surface area contributed by atoms with Crippen molar-refractivity contribution in [2.75, 3.05) is 6.61 Å². The topological polar surface area (TPSA) is 9.23 Å². The van der Waals surface area contributed by atoms with Crippen LogP contribution in [0, 0.1) is 0 Å². The van der Waals surface area contributed by atoms with Crippen molar-refractivity contribution in [3.8, 4) is 0 Å².